The van der Waals surface area contributed by atoms with E-state index in [0.29, 0.717) is 11.3 Å². The number of rotatable bonds is 2. The highest BCUT2D eigenvalue weighted by Gasteiger charge is 2.17. The summed E-state index contributed by atoms with van der Waals surface area (Å²) in [4.78, 5) is 0. The average Bonchev–Trinajstić information content (AvgIpc) is 2.55. The van der Waals surface area contributed by atoms with Crippen molar-refractivity contribution >= 4 is 39.7 Å². The van der Waals surface area contributed by atoms with Crippen LogP contribution in [0.2, 0.25) is 10.0 Å². The molecule has 0 heterocycles. The van der Waals surface area contributed by atoms with E-state index in [1.165, 1.54) is 6.07 Å². The first kappa shape index (κ1) is 14.7. The molecule has 0 atom stereocenters. The first-order chi connectivity index (χ1) is 10.6. The molecule has 0 aliphatic carbocycles. The highest BCUT2D eigenvalue weighted by molar-refractivity contribution is 6.45. The van der Waals surface area contributed by atoms with Crippen molar-refractivity contribution in [2.24, 2.45) is 5.16 Å². The number of aromatic hydroxyl groups is 1. The van der Waals surface area contributed by atoms with Crippen molar-refractivity contribution in [3.05, 3.63) is 75.8 Å². The predicted octanol–water partition coefficient (Wildman–Crippen LogP) is 5.08. The second-order valence-electron chi connectivity index (χ2n) is 4.74. The normalized spacial score (nSPS) is 11.8. The summed E-state index contributed by atoms with van der Waals surface area (Å²) in [6.07, 6.45) is 0. The van der Waals surface area contributed by atoms with Gasteiger partial charge in [-0.15, -0.1) is 0 Å². The minimum atomic E-state index is -0.120. The first-order valence-electron chi connectivity index (χ1n) is 6.51. The Morgan fingerprint density at radius 3 is 2.32 bits per heavy atom. The average molecular weight is 332 g/mol. The van der Waals surface area contributed by atoms with Gasteiger partial charge in [0.1, 0.15) is 16.5 Å². The summed E-state index contributed by atoms with van der Waals surface area (Å²) in [5.41, 5.74) is 1.47. The molecule has 2 N–H and O–H groups in total. The Kier molecular flexibility index (Phi) is 3.92. The van der Waals surface area contributed by atoms with Gasteiger partial charge in [-0.2, -0.15) is 0 Å². The number of hydrogen-bond acceptors (Lipinski definition) is 3. The van der Waals surface area contributed by atoms with Crippen molar-refractivity contribution in [1.29, 1.82) is 0 Å². The van der Waals surface area contributed by atoms with Gasteiger partial charge in [-0.1, -0.05) is 70.8 Å². The smallest absolute Gasteiger partial charge is 0.135 e. The molecule has 0 aromatic heterocycles. The molecule has 5 heteroatoms. The summed E-state index contributed by atoms with van der Waals surface area (Å²) in [5.74, 6) is -0.120. The van der Waals surface area contributed by atoms with Gasteiger partial charge in [0, 0.05) is 11.1 Å². The number of hydrogen-bond donors (Lipinski definition) is 2. The molecule has 0 bridgehead atoms. The summed E-state index contributed by atoms with van der Waals surface area (Å²) in [6, 6.07) is 16.4. The highest BCUT2D eigenvalue weighted by Crippen LogP contribution is 2.35. The van der Waals surface area contributed by atoms with Crippen LogP contribution in [0.25, 0.3) is 10.8 Å². The van der Waals surface area contributed by atoms with Crippen molar-refractivity contribution in [3.63, 3.8) is 0 Å². The van der Waals surface area contributed by atoms with Crippen LogP contribution in [0.5, 0.6) is 5.75 Å². The van der Waals surface area contributed by atoms with Gasteiger partial charge in [0.25, 0.3) is 0 Å². The van der Waals surface area contributed by atoms with Gasteiger partial charge >= 0.3 is 0 Å². The molecule has 3 rings (SSSR count). The fraction of sp³-hybridized carbons (Fsp3) is 0. The van der Waals surface area contributed by atoms with E-state index in [9.17, 15) is 10.3 Å². The lowest BCUT2D eigenvalue weighted by atomic mass is 9.96. The molecule has 0 saturated carbocycles. The minimum absolute atomic E-state index is 0.0283. The fourth-order valence-electron chi connectivity index (χ4n) is 2.41. The molecule has 22 heavy (non-hydrogen) atoms. The molecule has 0 saturated heterocycles. The maximum Gasteiger partial charge on any atom is 0.135 e. The molecule has 3 nitrogen and oxygen atoms in total. The van der Waals surface area contributed by atoms with E-state index < -0.39 is 0 Å². The molecule has 0 unspecified atom stereocenters. The monoisotopic (exact) mass is 331 g/mol. The van der Waals surface area contributed by atoms with E-state index in [2.05, 4.69) is 5.16 Å². The number of phenols is 1. The number of halogens is 2. The van der Waals surface area contributed by atoms with Crippen LogP contribution < -0.4 is 0 Å². The topological polar surface area (TPSA) is 52.8 Å². The third-order valence-electron chi connectivity index (χ3n) is 3.46. The third kappa shape index (κ3) is 2.39. The zero-order chi connectivity index (χ0) is 15.7. The lowest BCUT2D eigenvalue weighted by Gasteiger charge is -2.11. The first-order valence-corrected chi connectivity index (χ1v) is 7.26. The minimum Gasteiger partial charge on any atom is -0.506 e. The molecular weight excluding hydrogens is 321 g/mol. The number of fused-ring (bicyclic) bond motifs is 1. The zero-order valence-corrected chi connectivity index (χ0v) is 12.8. The molecule has 0 amide bonds. The Balaban J connectivity index is 2.27. The summed E-state index contributed by atoms with van der Waals surface area (Å²) in [6.45, 7) is 0. The highest BCUT2D eigenvalue weighted by atomic mass is 35.5. The van der Waals surface area contributed by atoms with Crippen LogP contribution in [0.3, 0.4) is 0 Å². The fourth-order valence-corrected chi connectivity index (χ4v) is 2.82. The molecule has 110 valence electrons. The number of oxime groups is 1. The Hall–Kier alpha value is -2.23. The van der Waals surface area contributed by atoms with Crippen LogP contribution in [0.4, 0.5) is 0 Å². The number of nitrogens with zero attached hydrogens (tertiary/aromatic N) is 1. The Morgan fingerprint density at radius 1 is 0.818 bits per heavy atom. The lowest BCUT2D eigenvalue weighted by Crippen LogP contribution is -2.05. The van der Waals surface area contributed by atoms with Crippen LogP contribution in [0, 0.1) is 0 Å². The Bertz CT molecular complexity index is 886. The van der Waals surface area contributed by atoms with E-state index >= 15 is 0 Å². The van der Waals surface area contributed by atoms with Crippen LogP contribution in [0.1, 0.15) is 11.1 Å². The van der Waals surface area contributed by atoms with Crippen molar-refractivity contribution < 1.29 is 10.3 Å². The summed E-state index contributed by atoms with van der Waals surface area (Å²) in [7, 11) is 0. The van der Waals surface area contributed by atoms with Crippen molar-refractivity contribution in [2.45, 2.75) is 0 Å². The predicted molar refractivity (Wildman–Crippen MR) is 89.5 cm³/mol. The maximum atomic E-state index is 9.60. The molecule has 0 spiro atoms. The summed E-state index contributed by atoms with van der Waals surface area (Å²) >= 11 is 12.2. The second kappa shape index (κ2) is 5.87. The zero-order valence-electron chi connectivity index (χ0n) is 11.3. The molecule has 3 aromatic rings. The van der Waals surface area contributed by atoms with Crippen LogP contribution in [-0.2, 0) is 0 Å². The van der Waals surface area contributed by atoms with E-state index in [1.54, 1.807) is 6.07 Å². The van der Waals surface area contributed by atoms with Crippen LogP contribution >= 0.6 is 23.2 Å². The van der Waals surface area contributed by atoms with E-state index in [1.807, 2.05) is 42.5 Å². The lowest BCUT2D eigenvalue weighted by molar-refractivity contribution is 0.319. The summed E-state index contributed by atoms with van der Waals surface area (Å²) in [5, 5.41) is 24.6. The Morgan fingerprint density at radius 2 is 1.55 bits per heavy atom. The van der Waals surface area contributed by atoms with Crippen molar-refractivity contribution in [2.75, 3.05) is 0 Å². The molecule has 3 aromatic carbocycles. The number of phenolic OH excluding ortho intramolecular Hbond substituents is 1. The van der Waals surface area contributed by atoms with Gasteiger partial charge in [-0.3, -0.25) is 0 Å². The molecule has 0 fully saturated rings. The van der Waals surface area contributed by atoms with Crippen LogP contribution in [0.15, 0.2) is 59.8 Å². The van der Waals surface area contributed by atoms with E-state index in [4.69, 9.17) is 23.2 Å². The van der Waals surface area contributed by atoms with Crippen molar-refractivity contribution in [1.82, 2.24) is 0 Å². The van der Waals surface area contributed by atoms with E-state index in [-0.39, 0.29) is 15.8 Å². The largest absolute Gasteiger partial charge is 0.506 e. The van der Waals surface area contributed by atoms with Gasteiger partial charge in [0.05, 0.1) is 5.02 Å². The van der Waals surface area contributed by atoms with Gasteiger partial charge in [-0.25, -0.2) is 0 Å². The SMILES string of the molecule is ON=C(c1ccc(O)c(Cl)c1Cl)c1cccc2ccccc12. The van der Waals surface area contributed by atoms with E-state index in [0.717, 1.165) is 16.3 Å². The quantitative estimate of drug-likeness (QED) is 0.391. The molecule has 0 aliphatic rings. The molecule has 0 radical (unpaired) electrons. The van der Waals surface area contributed by atoms with Gasteiger partial charge in [0.2, 0.25) is 0 Å². The number of benzene rings is 3. The van der Waals surface area contributed by atoms with Crippen LogP contribution in [-0.4, -0.2) is 16.0 Å². The van der Waals surface area contributed by atoms with Gasteiger partial charge in [-0.05, 0) is 22.9 Å². The molecular formula is C17H11Cl2NO2. The van der Waals surface area contributed by atoms with Gasteiger partial charge in [0.15, 0.2) is 0 Å². The second-order valence-corrected chi connectivity index (χ2v) is 5.49. The van der Waals surface area contributed by atoms with Crippen molar-refractivity contribution in [3.8, 4) is 5.75 Å². The van der Waals surface area contributed by atoms with Gasteiger partial charge < -0.3 is 10.3 Å². The summed E-state index contributed by atoms with van der Waals surface area (Å²) < 4.78 is 0. The third-order valence-corrected chi connectivity index (χ3v) is 4.33. The maximum absolute atomic E-state index is 9.60. The standard InChI is InChI=1S/C17H11Cl2NO2/c18-15-13(8-9-14(21)16(15)19)17(20-22)12-7-3-5-10-4-1-2-6-11(10)12/h1-9,21-22H. The molecule has 0 aliphatic heterocycles. The Labute approximate surface area is 137 Å².